The molecule has 1 saturated heterocycles. The number of hydrogen-bond acceptors (Lipinski definition) is 3. The molecule has 0 amide bonds. The molecule has 0 aromatic heterocycles. The van der Waals surface area contributed by atoms with Crippen molar-refractivity contribution in [3.8, 4) is 0 Å². The summed E-state index contributed by atoms with van der Waals surface area (Å²) in [6.07, 6.45) is 1.65. The van der Waals surface area contributed by atoms with Crippen LogP contribution in [-0.2, 0) is 14.9 Å². The molecule has 0 bridgehead atoms. The van der Waals surface area contributed by atoms with Crippen LogP contribution in [0.25, 0.3) is 0 Å². The minimum absolute atomic E-state index is 0. The Hall–Kier alpha value is -1.31. The van der Waals surface area contributed by atoms with Crippen LogP contribution in [0, 0.1) is 12.8 Å². The van der Waals surface area contributed by atoms with Crippen LogP contribution in [0.5, 0.6) is 0 Å². The summed E-state index contributed by atoms with van der Waals surface area (Å²) in [6.45, 7) is 14.2. The van der Waals surface area contributed by atoms with Gasteiger partial charge in [-0.2, -0.15) is 0 Å². The number of nitrogens with zero attached hydrogens (tertiary/aromatic N) is 2. The SMILES string of the molecule is CCNC(=NCC(C)(C)c1ccc(C)cc1)N1CCC(C(=O)OCC)CC1.I. The van der Waals surface area contributed by atoms with Gasteiger partial charge in [0.1, 0.15) is 0 Å². The second-order valence-corrected chi connectivity index (χ2v) is 7.93. The van der Waals surface area contributed by atoms with Crippen molar-refractivity contribution in [1.29, 1.82) is 0 Å². The number of esters is 1. The number of benzene rings is 1. The van der Waals surface area contributed by atoms with E-state index < -0.39 is 0 Å². The molecule has 6 heteroatoms. The van der Waals surface area contributed by atoms with E-state index in [1.807, 2.05) is 6.92 Å². The summed E-state index contributed by atoms with van der Waals surface area (Å²) >= 11 is 0. The molecule has 1 aromatic rings. The maximum atomic E-state index is 12.0. The number of guanidine groups is 1. The highest BCUT2D eigenvalue weighted by atomic mass is 127. The van der Waals surface area contributed by atoms with Crippen molar-refractivity contribution in [2.75, 3.05) is 32.8 Å². The number of rotatable bonds is 6. The highest BCUT2D eigenvalue weighted by Gasteiger charge is 2.28. The minimum Gasteiger partial charge on any atom is -0.466 e. The third-order valence-corrected chi connectivity index (χ3v) is 5.21. The zero-order valence-electron chi connectivity index (χ0n) is 18.0. The van der Waals surface area contributed by atoms with Crippen LogP contribution in [0.4, 0.5) is 0 Å². The Morgan fingerprint density at radius 3 is 2.36 bits per heavy atom. The van der Waals surface area contributed by atoms with Gasteiger partial charge in [0.15, 0.2) is 5.96 Å². The summed E-state index contributed by atoms with van der Waals surface area (Å²) in [4.78, 5) is 19.1. The molecular formula is C22H36IN3O2. The highest BCUT2D eigenvalue weighted by Crippen LogP contribution is 2.24. The van der Waals surface area contributed by atoms with Gasteiger partial charge in [0.2, 0.25) is 0 Å². The maximum absolute atomic E-state index is 12.0. The lowest BCUT2D eigenvalue weighted by Crippen LogP contribution is -2.47. The van der Waals surface area contributed by atoms with Crippen molar-refractivity contribution in [3.05, 3.63) is 35.4 Å². The van der Waals surface area contributed by atoms with E-state index in [9.17, 15) is 4.79 Å². The third kappa shape index (κ3) is 6.94. The molecule has 1 aliphatic rings. The molecule has 2 rings (SSSR count). The Bertz CT molecular complexity index is 636. The molecule has 158 valence electrons. The van der Waals surface area contributed by atoms with Gasteiger partial charge in [-0.3, -0.25) is 9.79 Å². The van der Waals surface area contributed by atoms with Crippen LogP contribution in [0.3, 0.4) is 0 Å². The summed E-state index contributed by atoms with van der Waals surface area (Å²) in [5, 5.41) is 3.41. The standard InChI is InChI=1S/C22H35N3O2.HI/c1-6-23-21(25-14-12-18(13-15-25)20(26)27-7-2)24-16-22(4,5)19-10-8-17(3)9-11-19;/h8-11,18H,6-7,12-16H2,1-5H3,(H,23,24);1H. The van der Waals surface area contributed by atoms with E-state index in [1.165, 1.54) is 11.1 Å². The predicted octanol–water partition coefficient (Wildman–Crippen LogP) is 4.13. The molecule has 1 heterocycles. The highest BCUT2D eigenvalue weighted by molar-refractivity contribution is 14.0. The first-order valence-corrected chi connectivity index (χ1v) is 10.1. The number of carbonyl (C=O) groups excluding carboxylic acids is 1. The molecule has 5 nitrogen and oxygen atoms in total. The molecule has 28 heavy (non-hydrogen) atoms. The van der Waals surface area contributed by atoms with E-state index in [-0.39, 0.29) is 41.3 Å². The van der Waals surface area contributed by atoms with E-state index in [0.717, 1.165) is 45.0 Å². The van der Waals surface area contributed by atoms with E-state index in [4.69, 9.17) is 9.73 Å². The van der Waals surface area contributed by atoms with Crippen LogP contribution in [0.1, 0.15) is 51.7 Å². The fraction of sp³-hybridized carbons (Fsp3) is 0.636. The Kier molecular flexibility index (Phi) is 10.3. The third-order valence-electron chi connectivity index (χ3n) is 5.21. The van der Waals surface area contributed by atoms with Gasteiger partial charge in [-0.05, 0) is 39.2 Å². The second-order valence-electron chi connectivity index (χ2n) is 7.93. The molecule has 0 spiro atoms. The summed E-state index contributed by atoms with van der Waals surface area (Å²) in [7, 11) is 0. The van der Waals surface area contributed by atoms with Gasteiger partial charge in [-0.15, -0.1) is 24.0 Å². The first kappa shape index (κ1) is 24.7. The lowest BCUT2D eigenvalue weighted by atomic mass is 9.84. The average Bonchev–Trinajstić information content (AvgIpc) is 2.66. The number of piperidine rings is 1. The van der Waals surface area contributed by atoms with Crippen molar-refractivity contribution in [1.82, 2.24) is 10.2 Å². The number of hydrogen-bond donors (Lipinski definition) is 1. The summed E-state index contributed by atoms with van der Waals surface area (Å²) < 4.78 is 5.17. The van der Waals surface area contributed by atoms with Gasteiger partial charge in [0, 0.05) is 25.0 Å². The summed E-state index contributed by atoms with van der Waals surface area (Å²) in [5.41, 5.74) is 2.54. The monoisotopic (exact) mass is 501 g/mol. The Labute approximate surface area is 187 Å². The quantitative estimate of drug-likeness (QED) is 0.276. The molecule has 0 saturated carbocycles. The molecule has 1 aliphatic heterocycles. The van der Waals surface area contributed by atoms with E-state index in [0.29, 0.717) is 6.61 Å². The average molecular weight is 501 g/mol. The van der Waals surface area contributed by atoms with Crippen molar-refractivity contribution in [3.63, 3.8) is 0 Å². The van der Waals surface area contributed by atoms with Gasteiger partial charge >= 0.3 is 5.97 Å². The van der Waals surface area contributed by atoms with Crippen LogP contribution in [0.15, 0.2) is 29.3 Å². The topological polar surface area (TPSA) is 53.9 Å². The normalized spacial score (nSPS) is 15.8. The summed E-state index contributed by atoms with van der Waals surface area (Å²) in [6, 6.07) is 8.71. The molecule has 0 unspecified atom stereocenters. The number of likely N-dealkylation sites (tertiary alicyclic amines) is 1. The second kappa shape index (κ2) is 11.6. The predicted molar refractivity (Wildman–Crippen MR) is 127 cm³/mol. The molecule has 1 aromatic carbocycles. The van der Waals surface area contributed by atoms with Crippen LogP contribution in [-0.4, -0.2) is 49.6 Å². The van der Waals surface area contributed by atoms with Crippen LogP contribution in [0.2, 0.25) is 0 Å². The van der Waals surface area contributed by atoms with Gasteiger partial charge in [0.25, 0.3) is 0 Å². The number of ether oxygens (including phenoxy) is 1. The first-order valence-electron chi connectivity index (χ1n) is 10.1. The number of nitrogens with one attached hydrogen (secondary N) is 1. The zero-order valence-corrected chi connectivity index (χ0v) is 20.3. The fourth-order valence-electron chi connectivity index (χ4n) is 3.38. The number of halogens is 1. The Balaban J connectivity index is 0.00000392. The largest absolute Gasteiger partial charge is 0.466 e. The van der Waals surface area contributed by atoms with E-state index in [1.54, 1.807) is 0 Å². The van der Waals surface area contributed by atoms with Gasteiger partial charge in [0.05, 0.1) is 19.1 Å². The van der Waals surface area contributed by atoms with E-state index in [2.05, 4.69) is 62.2 Å². The van der Waals surface area contributed by atoms with Crippen LogP contribution >= 0.6 is 24.0 Å². The fourth-order valence-corrected chi connectivity index (χ4v) is 3.38. The summed E-state index contributed by atoms with van der Waals surface area (Å²) in [5.74, 6) is 0.910. The number of carbonyl (C=O) groups is 1. The number of aryl methyl sites for hydroxylation is 1. The Morgan fingerprint density at radius 2 is 1.82 bits per heavy atom. The van der Waals surface area contributed by atoms with Crippen LogP contribution < -0.4 is 5.32 Å². The molecule has 1 fully saturated rings. The van der Waals surface area contributed by atoms with Gasteiger partial charge in [-0.1, -0.05) is 43.7 Å². The zero-order chi connectivity index (χ0) is 19.9. The smallest absolute Gasteiger partial charge is 0.309 e. The lowest BCUT2D eigenvalue weighted by molar-refractivity contribution is -0.149. The Morgan fingerprint density at radius 1 is 1.21 bits per heavy atom. The first-order chi connectivity index (χ1) is 12.9. The van der Waals surface area contributed by atoms with Crippen molar-refractivity contribution in [2.24, 2.45) is 10.9 Å². The maximum Gasteiger partial charge on any atom is 0.309 e. The molecule has 0 radical (unpaired) electrons. The van der Waals surface area contributed by atoms with E-state index >= 15 is 0 Å². The lowest BCUT2D eigenvalue weighted by Gasteiger charge is -2.34. The van der Waals surface area contributed by atoms with Gasteiger partial charge < -0.3 is 15.0 Å². The van der Waals surface area contributed by atoms with Crippen molar-refractivity contribution < 1.29 is 9.53 Å². The van der Waals surface area contributed by atoms with Crippen molar-refractivity contribution in [2.45, 2.75) is 52.9 Å². The van der Waals surface area contributed by atoms with Gasteiger partial charge in [-0.25, -0.2) is 0 Å². The molecule has 0 atom stereocenters. The molecular weight excluding hydrogens is 465 g/mol. The minimum atomic E-state index is -0.0559. The molecule has 0 aliphatic carbocycles. The molecule has 1 N–H and O–H groups in total. The number of aliphatic imine (C=N–C) groups is 1. The van der Waals surface area contributed by atoms with Crippen molar-refractivity contribution >= 4 is 35.9 Å².